The van der Waals surface area contributed by atoms with Gasteiger partial charge in [-0.1, -0.05) is 71.9 Å². The number of nitrogens with two attached hydrogens (primary N) is 1. The lowest BCUT2D eigenvalue weighted by atomic mass is 10.2. The molecule has 0 fully saturated rings. The van der Waals surface area contributed by atoms with Crippen LogP contribution in [0.2, 0.25) is 0 Å². The van der Waals surface area contributed by atoms with E-state index in [1.807, 2.05) is 37.3 Å². The zero-order valence-corrected chi connectivity index (χ0v) is 17.9. The largest absolute Gasteiger partial charge is 0.378 e. The summed E-state index contributed by atoms with van der Waals surface area (Å²) in [6.45, 7) is 1.88. The monoisotopic (exact) mass is 439 g/mol. The molecule has 0 atom stereocenters. The average molecular weight is 440 g/mol. The van der Waals surface area contributed by atoms with Crippen molar-refractivity contribution in [2.24, 2.45) is 15.9 Å². The Morgan fingerprint density at radius 2 is 1.67 bits per heavy atom. The highest BCUT2D eigenvalue weighted by atomic mass is 32.2. The van der Waals surface area contributed by atoms with Crippen molar-refractivity contribution in [3.8, 4) is 5.75 Å². The third-order valence-electron chi connectivity index (χ3n) is 4.01. The van der Waals surface area contributed by atoms with Crippen molar-refractivity contribution in [3.63, 3.8) is 0 Å². The maximum Gasteiger partial charge on any atom is 0.339 e. The van der Waals surface area contributed by atoms with Crippen LogP contribution in [-0.2, 0) is 15.9 Å². The van der Waals surface area contributed by atoms with E-state index in [-0.39, 0.29) is 10.6 Å². The van der Waals surface area contributed by atoms with Gasteiger partial charge in [0.25, 0.3) is 0 Å². The molecule has 8 heteroatoms. The number of aryl methyl sites for hydroxylation is 1. The number of hydrogen-bond acceptors (Lipinski definition) is 6. The molecule has 3 rings (SSSR count). The summed E-state index contributed by atoms with van der Waals surface area (Å²) in [5.74, 6) is 0.840. The van der Waals surface area contributed by atoms with E-state index in [2.05, 4.69) is 10.2 Å². The normalized spacial score (nSPS) is 12.2. The molecule has 0 aromatic heterocycles. The third-order valence-corrected chi connectivity index (χ3v) is 6.11. The van der Waals surface area contributed by atoms with Gasteiger partial charge in [0, 0.05) is 11.3 Å². The van der Waals surface area contributed by atoms with Gasteiger partial charge in [-0.3, -0.25) is 0 Å². The number of benzene rings is 3. The molecule has 0 aliphatic carbocycles. The Hall–Kier alpha value is -3.10. The topological polar surface area (TPSA) is 94.1 Å². The molecule has 0 saturated heterocycles. The van der Waals surface area contributed by atoms with Crippen LogP contribution in [0.25, 0.3) is 0 Å². The number of amidine groups is 1. The summed E-state index contributed by atoms with van der Waals surface area (Å²) in [4.78, 5) is 0.0828. The van der Waals surface area contributed by atoms with E-state index >= 15 is 0 Å². The van der Waals surface area contributed by atoms with Crippen molar-refractivity contribution >= 4 is 33.3 Å². The Balaban J connectivity index is 1.69. The highest BCUT2D eigenvalue weighted by Gasteiger charge is 2.17. The standard InChI is InChI=1S/C22H21N3O3S2/c1-17-11-13-20(14-12-17)30(26,27)28-21-10-6-5-9-19(21)15-24-25-22(23)29-16-18-7-3-2-4-8-18/h2-15H,16H2,1H3,(H2,23,25). The summed E-state index contributed by atoms with van der Waals surface area (Å²) in [7, 11) is -3.96. The van der Waals surface area contributed by atoms with Gasteiger partial charge in [-0.2, -0.15) is 13.5 Å². The van der Waals surface area contributed by atoms with Crippen LogP contribution in [0.1, 0.15) is 16.7 Å². The van der Waals surface area contributed by atoms with Crippen molar-refractivity contribution in [1.29, 1.82) is 0 Å². The van der Waals surface area contributed by atoms with Crippen molar-refractivity contribution in [2.45, 2.75) is 17.6 Å². The van der Waals surface area contributed by atoms with Crippen molar-refractivity contribution in [1.82, 2.24) is 0 Å². The summed E-state index contributed by atoms with van der Waals surface area (Å²) >= 11 is 1.36. The van der Waals surface area contributed by atoms with Crippen LogP contribution in [0.15, 0.2) is 94.0 Å². The molecule has 6 nitrogen and oxygen atoms in total. The van der Waals surface area contributed by atoms with Crippen LogP contribution in [0.3, 0.4) is 0 Å². The number of nitrogens with zero attached hydrogens (tertiary/aromatic N) is 2. The fraction of sp³-hybridized carbons (Fsp3) is 0.0909. The van der Waals surface area contributed by atoms with E-state index in [9.17, 15) is 8.42 Å². The van der Waals surface area contributed by atoms with E-state index in [0.29, 0.717) is 16.5 Å². The molecule has 0 radical (unpaired) electrons. The molecule has 3 aromatic rings. The molecule has 0 aliphatic heterocycles. The molecule has 154 valence electrons. The Morgan fingerprint density at radius 3 is 2.40 bits per heavy atom. The SMILES string of the molecule is Cc1ccc(S(=O)(=O)Oc2ccccc2C=NN=C(N)SCc2ccccc2)cc1. The molecule has 0 unspecified atom stereocenters. The Labute approximate surface area is 180 Å². The maximum absolute atomic E-state index is 12.5. The van der Waals surface area contributed by atoms with Gasteiger partial charge < -0.3 is 9.92 Å². The van der Waals surface area contributed by atoms with Crippen molar-refractivity contribution < 1.29 is 12.6 Å². The van der Waals surface area contributed by atoms with Gasteiger partial charge in [0.2, 0.25) is 0 Å². The lowest BCUT2D eigenvalue weighted by Gasteiger charge is -2.09. The summed E-state index contributed by atoms with van der Waals surface area (Å²) in [6.07, 6.45) is 1.41. The van der Waals surface area contributed by atoms with E-state index < -0.39 is 10.1 Å². The first-order valence-corrected chi connectivity index (χ1v) is 11.5. The molecule has 0 saturated carbocycles. The molecular weight excluding hydrogens is 418 g/mol. The van der Waals surface area contributed by atoms with E-state index in [4.69, 9.17) is 9.92 Å². The highest BCUT2D eigenvalue weighted by molar-refractivity contribution is 8.13. The Bertz CT molecular complexity index is 1140. The van der Waals surface area contributed by atoms with Gasteiger partial charge in [0.15, 0.2) is 10.9 Å². The third kappa shape index (κ3) is 6.20. The van der Waals surface area contributed by atoms with Gasteiger partial charge in [0.1, 0.15) is 4.90 Å². The summed E-state index contributed by atoms with van der Waals surface area (Å²) in [6, 6.07) is 23.0. The van der Waals surface area contributed by atoms with E-state index in [1.165, 1.54) is 30.1 Å². The number of hydrogen-bond donors (Lipinski definition) is 1. The minimum absolute atomic E-state index is 0.0828. The summed E-state index contributed by atoms with van der Waals surface area (Å²) < 4.78 is 30.4. The van der Waals surface area contributed by atoms with Crippen LogP contribution in [-0.4, -0.2) is 19.8 Å². The second-order valence-electron chi connectivity index (χ2n) is 6.35. The number of thioether (sulfide) groups is 1. The second kappa shape index (κ2) is 10.1. The van der Waals surface area contributed by atoms with Crippen LogP contribution >= 0.6 is 11.8 Å². The minimum atomic E-state index is -3.96. The molecule has 3 aromatic carbocycles. The summed E-state index contributed by atoms with van der Waals surface area (Å²) in [5.41, 5.74) is 8.45. The Kier molecular flexibility index (Phi) is 7.26. The van der Waals surface area contributed by atoms with Gasteiger partial charge in [-0.25, -0.2) is 0 Å². The first kappa shape index (κ1) is 21.6. The van der Waals surface area contributed by atoms with Gasteiger partial charge in [0.05, 0.1) is 6.21 Å². The predicted octanol–water partition coefficient (Wildman–Crippen LogP) is 4.34. The lowest BCUT2D eigenvalue weighted by molar-refractivity contribution is 0.485. The zero-order chi connectivity index (χ0) is 21.4. The summed E-state index contributed by atoms with van der Waals surface area (Å²) in [5, 5.41) is 8.24. The molecule has 0 aliphatic rings. The number of para-hydroxylation sites is 1. The highest BCUT2D eigenvalue weighted by Crippen LogP contribution is 2.22. The van der Waals surface area contributed by atoms with Crippen LogP contribution in [0.4, 0.5) is 0 Å². The van der Waals surface area contributed by atoms with Gasteiger partial charge >= 0.3 is 10.1 Å². The zero-order valence-electron chi connectivity index (χ0n) is 16.3. The smallest absolute Gasteiger partial charge is 0.339 e. The molecular formula is C22H21N3O3S2. The first-order valence-electron chi connectivity index (χ1n) is 9.07. The quantitative estimate of drug-likeness (QED) is 0.256. The van der Waals surface area contributed by atoms with E-state index in [1.54, 1.807) is 36.4 Å². The van der Waals surface area contributed by atoms with Gasteiger partial charge in [-0.15, -0.1) is 5.10 Å². The second-order valence-corrected chi connectivity index (χ2v) is 8.89. The molecule has 0 spiro atoms. The molecule has 30 heavy (non-hydrogen) atoms. The predicted molar refractivity (Wildman–Crippen MR) is 122 cm³/mol. The Morgan fingerprint density at radius 1 is 1.00 bits per heavy atom. The van der Waals surface area contributed by atoms with Gasteiger partial charge in [-0.05, 0) is 36.8 Å². The average Bonchev–Trinajstić information content (AvgIpc) is 2.74. The number of rotatable bonds is 7. The van der Waals surface area contributed by atoms with Crippen molar-refractivity contribution in [2.75, 3.05) is 0 Å². The fourth-order valence-electron chi connectivity index (χ4n) is 2.44. The molecule has 0 bridgehead atoms. The van der Waals surface area contributed by atoms with Crippen molar-refractivity contribution in [3.05, 3.63) is 95.6 Å². The molecule has 0 heterocycles. The van der Waals surface area contributed by atoms with Crippen LogP contribution < -0.4 is 9.92 Å². The molecule has 2 N–H and O–H groups in total. The lowest BCUT2D eigenvalue weighted by Crippen LogP contribution is -2.11. The maximum atomic E-state index is 12.5. The first-order chi connectivity index (χ1) is 14.4. The van der Waals surface area contributed by atoms with Crippen LogP contribution in [0.5, 0.6) is 5.75 Å². The minimum Gasteiger partial charge on any atom is -0.378 e. The van der Waals surface area contributed by atoms with E-state index in [0.717, 1.165) is 11.1 Å². The molecule has 0 amide bonds. The van der Waals surface area contributed by atoms with Crippen LogP contribution in [0, 0.1) is 6.92 Å². The fourth-order valence-corrected chi connectivity index (χ4v) is 4.01.